The molecule has 0 aliphatic heterocycles. The van der Waals surface area contributed by atoms with Crippen LogP contribution in [0.3, 0.4) is 0 Å². The minimum absolute atomic E-state index is 0.0235. The molecule has 0 saturated heterocycles. The number of rotatable bonds is 9. The summed E-state index contributed by atoms with van der Waals surface area (Å²) in [6.45, 7) is 1.85. The van der Waals surface area contributed by atoms with Crippen LogP contribution in [-0.2, 0) is 19.2 Å². The molecule has 0 heterocycles. The van der Waals surface area contributed by atoms with Crippen molar-refractivity contribution in [2.45, 2.75) is 58.3 Å². The molecule has 1 saturated carbocycles. The van der Waals surface area contributed by atoms with E-state index >= 15 is 0 Å². The molecular weight excluding hydrogens is 270 g/mol. The molecular formula is C16H25NO4. The third kappa shape index (κ3) is 6.76. The molecule has 2 unspecified atom stereocenters. The van der Waals surface area contributed by atoms with E-state index in [1.807, 2.05) is 0 Å². The molecule has 1 rings (SSSR count). The third-order valence-corrected chi connectivity index (χ3v) is 4.12. The van der Waals surface area contributed by atoms with Crippen molar-refractivity contribution >= 4 is 23.1 Å². The van der Waals surface area contributed by atoms with E-state index in [0.29, 0.717) is 45.1 Å². The van der Waals surface area contributed by atoms with Gasteiger partial charge in [-0.2, -0.15) is 0 Å². The summed E-state index contributed by atoms with van der Waals surface area (Å²) in [5, 5.41) is 0. The average Bonchev–Trinajstić information content (AvgIpc) is 2.42. The van der Waals surface area contributed by atoms with Gasteiger partial charge in [0, 0.05) is 44.4 Å². The first-order valence-electron chi connectivity index (χ1n) is 7.68. The van der Waals surface area contributed by atoms with E-state index in [1.54, 1.807) is 0 Å². The molecule has 5 nitrogen and oxygen atoms in total. The van der Waals surface area contributed by atoms with Gasteiger partial charge in [0.15, 0.2) is 0 Å². The maximum atomic E-state index is 11.8. The minimum Gasteiger partial charge on any atom is -0.330 e. The quantitative estimate of drug-likeness (QED) is 0.697. The first-order chi connectivity index (χ1) is 9.92. The van der Waals surface area contributed by atoms with E-state index in [9.17, 15) is 19.2 Å². The number of carbonyl (C=O) groups is 4. The van der Waals surface area contributed by atoms with E-state index in [1.165, 1.54) is 6.92 Å². The van der Waals surface area contributed by atoms with E-state index < -0.39 is 0 Å². The summed E-state index contributed by atoms with van der Waals surface area (Å²) < 4.78 is 0. The Balaban J connectivity index is 2.30. The number of hydrogen-bond donors (Lipinski definition) is 1. The van der Waals surface area contributed by atoms with Gasteiger partial charge in [-0.3, -0.25) is 19.2 Å². The van der Waals surface area contributed by atoms with Gasteiger partial charge in [-0.15, -0.1) is 0 Å². The van der Waals surface area contributed by atoms with Gasteiger partial charge in [0.05, 0.1) is 0 Å². The molecule has 5 heteroatoms. The molecule has 0 aromatic carbocycles. The summed E-state index contributed by atoms with van der Waals surface area (Å²) in [4.78, 5) is 46.1. The fraction of sp³-hybridized carbons (Fsp3) is 0.750. The maximum absolute atomic E-state index is 11.8. The standard InChI is InChI=1S/C16H25NO4/c1-11(18)13-8-12(9-16(21)10-13)2-3-14(19)4-5-15(20)6-7-17/h12-13H,2-10,17H2,1H3. The summed E-state index contributed by atoms with van der Waals surface area (Å²) in [6.07, 6.45) is 3.41. The largest absolute Gasteiger partial charge is 0.330 e. The van der Waals surface area contributed by atoms with E-state index in [-0.39, 0.29) is 47.8 Å². The normalized spacial score (nSPS) is 22.1. The first-order valence-corrected chi connectivity index (χ1v) is 7.68. The zero-order chi connectivity index (χ0) is 15.8. The number of ketones is 4. The van der Waals surface area contributed by atoms with Crippen molar-refractivity contribution in [3.63, 3.8) is 0 Å². The predicted octanol–water partition coefficient (Wildman–Crippen LogP) is 1.61. The SMILES string of the molecule is CC(=O)C1CC(=O)CC(CCC(=O)CCC(=O)CCN)C1. The molecule has 1 aliphatic rings. The van der Waals surface area contributed by atoms with Crippen LogP contribution in [0.4, 0.5) is 0 Å². The molecule has 118 valence electrons. The Morgan fingerprint density at radius 1 is 1.05 bits per heavy atom. The highest BCUT2D eigenvalue weighted by atomic mass is 16.1. The lowest BCUT2D eigenvalue weighted by Crippen LogP contribution is -2.27. The van der Waals surface area contributed by atoms with Gasteiger partial charge >= 0.3 is 0 Å². The van der Waals surface area contributed by atoms with Crippen LogP contribution in [0.15, 0.2) is 0 Å². The van der Waals surface area contributed by atoms with Crippen LogP contribution >= 0.6 is 0 Å². The molecule has 0 spiro atoms. The maximum Gasteiger partial charge on any atom is 0.134 e. The smallest absolute Gasteiger partial charge is 0.134 e. The van der Waals surface area contributed by atoms with E-state index in [4.69, 9.17) is 5.73 Å². The highest BCUT2D eigenvalue weighted by Crippen LogP contribution is 2.30. The zero-order valence-electron chi connectivity index (χ0n) is 12.7. The Morgan fingerprint density at radius 2 is 1.67 bits per heavy atom. The molecule has 0 aromatic heterocycles. The molecule has 2 atom stereocenters. The fourth-order valence-corrected chi connectivity index (χ4v) is 2.83. The van der Waals surface area contributed by atoms with Crippen molar-refractivity contribution in [2.75, 3.05) is 6.54 Å². The lowest BCUT2D eigenvalue weighted by molar-refractivity contribution is -0.130. The molecule has 21 heavy (non-hydrogen) atoms. The summed E-state index contributed by atoms with van der Waals surface area (Å²) in [5.41, 5.74) is 5.28. The average molecular weight is 295 g/mol. The lowest BCUT2D eigenvalue weighted by atomic mass is 9.77. The number of Topliss-reactive ketones (excluding diaryl/α,β-unsaturated/α-hetero) is 4. The second-order valence-corrected chi connectivity index (χ2v) is 6.01. The van der Waals surface area contributed by atoms with Gasteiger partial charge in [0.1, 0.15) is 23.1 Å². The highest BCUT2D eigenvalue weighted by Gasteiger charge is 2.29. The van der Waals surface area contributed by atoms with Crippen LogP contribution in [0.5, 0.6) is 0 Å². The van der Waals surface area contributed by atoms with Crippen molar-refractivity contribution in [3.05, 3.63) is 0 Å². The molecule has 1 fully saturated rings. The Morgan fingerprint density at radius 3 is 2.24 bits per heavy atom. The van der Waals surface area contributed by atoms with Gasteiger partial charge in [0.2, 0.25) is 0 Å². The summed E-state index contributed by atoms with van der Waals surface area (Å²) >= 11 is 0. The molecule has 1 aliphatic carbocycles. The van der Waals surface area contributed by atoms with Gasteiger partial charge in [-0.1, -0.05) is 0 Å². The van der Waals surface area contributed by atoms with Gasteiger partial charge in [-0.05, 0) is 32.2 Å². The molecule has 0 aromatic rings. The summed E-state index contributed by atoms with van der Waals surface area (Å²) in [7, 11) is 0. The first kappa shape index (κ1) is 17.7. The second kappa shape index (κ2) is 8.82. The molecule has 2 N–H and O–H groups in total. The summed E-state index contributed by atoms with van der Waals surface area (Å²) in [5.74, 6) is 0.221. The number of hydrogen-bond acceptors (Lipinski definition) is 5. The van der Waals surface area contributed by atoms with Crippen LogP contribution in [0.1, 0.15) is 58.3 Å². The van der Waals surface area contributed by atoms with Crippen molar-refractivity contribution in [1.29, 1.82) is 0 Å². The Bertz CT molecular complexity index is 417. The highest BCUT2D eigenvalue weighted by molar-refractivity contribution is 5.88. The number of carbonyl (C=O) groups excluding carboxylic acids is 4. The minimum atomic E-state index is -0.169. The van der Waals surface area contributed by atoms with Crippen molar-refractivity contribution in [1.82, 2.24) is 0 Å². The van der Waals surface area contributed by atoms with Crippen LogP contribution in [0.25, 0.3) is 0 Å². The van der Waals surface area contributed by atoms with Gasteiger partial charge < -0.3 is 5.73 Å². The topological polar surface area (TPSA) is 94.3 Å². The third-order valence-electron chi connectivity index (χ3n) is 4.12. The van der Waals surface area contributed by atoms with E-state index in [0.717, 1.165) is 0 Å². The van der Waals surface area contributed by atoms with Gasteiger partial charge in [-0.25, -0.2) is 0 Å². The lowest BCUT2D eigenvalue weighted by Gasteiger charge is -2.26. The Labute approximate surface area is 125 Å². The fourth-order valence-electron chi connectivity index (χ4n) is 2.83. The Kier molecular flexibility index (Phi) is 7.43. The Hall–Kier alpha value is -1.36. The van der Waals surface area contributed by atoms with E-state index in [2.05, 4.69) is 0 Å². The van der Waals surface area contributed by atoms with Crippen LogP contribution in [-0.4, -0.2) is 29.7 Å². The summed E-state index contributed by atoms with van der Waals surface area (Å²) in [6, 6.07) is 0. The van der Waals surface area contributed by atoms with Gasteiger partial charge in [0.25, 0.3) is 0 Å². The van der Waals surface area contributed by atoms with Crippen molar-refractivity contribution < 1.29 is 19.2 Å². The van der Waals surface area contributed by atoms with Crippen molar-refractivity contribution in [3.8, 4) is 0 Å². The van der Waals surface area contributed by atoms with Crippen LogP contribution in [0, 0.1) is 11.8 Å². The molecule has 0 amide bonds. The number of nitrogens with two attached hydrogens (primary N) is 1. The molecule has 0 radical (unpaired) electrons. The second-order valence-electron chi connectivity index (χ2n) is 6.01. The van der Waals surface area contributed by atoms with Crippen LogP contribution in [0.2, 0.25) is 0 Å². The zero-order valence-corrected chi connectivity index (χ0v) is 12.7. The van der Waals surface area contributed by atoms with Crippen LogP contribution < -0.4 is 5.73 Å². The van der Waals surface area contributed by atoms with Crippen molar-refractivity contribution in [2.24, 2.45) is 17.6 Å². The predicted molar refractivity (Wildman–Crippen MR) is 78.7 cm³/mol. The monoisotopic (exact) mass is 295 g/mol. The molecule has 0 bridgehead atoms.